The molecule has 5 nitrogen and oxygen atoms in total. The molecule has 1 amide bonds. The first-order valence-corrected chi connectivity index (χ1v) is 7.16. The van der Waals surface area contributed by atoms with Crippen LogP contribution in [0, 0.1) is 0 Å². The number of aromatic nitrogens is 2. The number of nitrogens with one attached hydrogen (secondary N) is 1. The number of hydrogen-bond acceptors (Lipinski definition) is 3. The van der Waals surface area contributed by atoms with Crippen molar-refractivity contribution < 1.29 is 9.59 Å². The standard InChI is InChI=1S/C18H15N3O2/c1-13(22)14-8-9-17(21-11-5-10-19-21)16(12-14)18(23)20-15-6-3-2-4-7-15/h2-12H,1H3,(H,20,23). The van der Waals surface area contributed by atoms with E-state index in [0.717, 1.165) is 0 Å². The Morgan fingerprint density at radius 3 is 2.48 bits per heavy atom. The Morgan fingerprint density at radius 1 is 1.04 bits per heavy atom. The van der Waals surface area contributed by atoms with Gasteiger partial charge in [0.1, 0.15) is 0 Å². The minimum absolute atomic E-state index is 0.0919. The lowest BCUT2D eigenvalue weighted by Gasteiger charge is -2.11. The molecule has 23 heavy (non-hydrogen) atoms. The van der Waals surface area contributed by atoms with E-state index in [2.05, 4.69) is 10.4 Å². The molecule has 1 aromatic heterocycles. The van der Waals surface area contributed by atoms with Gasteiger partial charge in [-0.1, -0.05) is 18.2 Å². The molecule has 3 rings (SSSR count). The molecule has 0 fully saturated rings. The van der Waals surface area contributed by atoms with Crippen molar-refractivity contribution in [3.63, 3.8) is 0 Å². The van der Waals surface area contributed by atoms with E-state index in [-0.39, 0.29) is 11.7 Å². The summed E-state index contributed by atoms with van der Waals surface area (Å²) in [5, 5.41) is 7.00. The highest BCUT2D eigenvalue weighted by atomic mass is 16.1. The predicted molar refractivity (Wildman–Crippen MR) is 88.0 cm³/mol. The minimum atomic E-state index is -0.287. The number of benzene rings is 2. The fourth-order valence-electron chi connectivity index (χ4n) is 2.27. The lowest BCUT2D eigenvalue weighted by Crippen LogP contribution is -2.16. The van der Waals surface area contributed by atoms with E-state index in [0.29, 0.717) is 22.5 Å². The van der Waals surface area contributed by atoms with E-state index in [1.54, 1.807) is 53.5 Å². The van der Waals surface area contributed by atoms with Crippen LogP contribution in [0.2, 0.25) is 0 Å². The van der Waals surface area contributed by atoms with Gasteiger partial charge in [-0.3, -0.25) is 9.59 Å². The SMILES string of the molecule is CC(=O)c1ccc(-n2cccn2)c(C(=O)Nc2ccccc2)c1. The summed E-state index contributed by atoms with van der Waals surface area (Å²) in [5.41, 5.74) is 2.19. The second-order valence-corrected chi connectivity index (χ2v) is 5.06. The van der Waals surface area contributed by atoms with E-state index >= 15 is 0 Å². The van der Waals surface area contributed by atoms with Crippen molar-refractivity contribution in [2.75, 3.05) is 5.32 Å². The Morgan fingerprint density at radius 2 is 1.83 bits per heavy atom. The number of carbonyl (C=O) groups is 2. The van der Waals surface area contributed by atoms with Gasteiger partial charge in [0.2, 0.25) is 0 Å². The molecule has 0 saturated carbocycles. The van der Waals surface area contributed by atoms with Gasteiger partial charge in [-0.2, -0.15) is 5.10 Å². The van der Waals surface area contributed by atoms with Crippen LogP contribution in [0.15, 0.2) is 67.0 Å². The largest absolute Gasteiger partial charge is 0.322 e. The normalized spacial score (nSPS) is 10.3. The van der Waals surface area contributed by atoms with Crippen LogP contribution in [0.1, 0.15) is 27.6 Å². The molecule has 1 heterocycles. The lowest BCUT2D eigenvalue weighted by molar-refractivity contribution is 0.101. The number of para-hydroxylation sites is 1. The monoisotopic (exact) mass is 305 g/mol. The molecule has 0 bridgehead atoms. The smallest absolute Gasteiger partial charge is 0.257 e. The molecule has 5 heteroatoms. The van der Waals surface area contributed by atoms with Crippen molar-refractivity contribution in [3.8, 4) is 5.69 Å². The average Bonchev–Trinajstić information content (AvgIpc) is 3.09. The van der Waals surface area contributed by atoms with Gasteiger partial charge >= 0.3 is 0 Å². The van der Waals surface area contributed by atoms with Gasteiger partial charge in [-0.25, -0.2) is 4.68 Å². The summed E-state index contributed by atoms with van der Waals surface area (Å²) >= 11 is 0. The summed E-state index contributed by atoms with van der Waals surface area (Å²) in [5.74, 6) is -0.379. The van der Waals surface area contributed by atoms with Crippen molar-refractivity contribution in [2.24, 2.45) is 0 Å². The van der Waals surface area contributed by atoms with Crippen molar-refractivity contribution in [1.82, 2.24) is 9.78 Å². The molecule has 3 aromatic rings. The Bertz CT molecular complexity index is 840. The zero-order chi connectivity index (χ0) is 16.2. The van der Waals surface area contributed by atoms with Crippen LogP contribution in [0.5, 0.6) is 0 Å². The quantitative estimate of drug-likeness (QED) is 0.752. The summed E-state index contributed by atoms with van der Waals surface area (Å²) in [6.45, 7) is 1.47. The first-order valence-electron chi connectivity index (χ1n) is 7.16. The molecule has 0 aliphatic heterocycles. The summed E-state index contributed by atoms with van der Waals surface area (Å²) in [4.78, 5) is 24.3. The number of hydrogen-bond donors (Lipinski definition) is 1. The van der Waals surface area contributed by atoms with Crippen LogP contribution in [0.4, 0.5) is 5.69 Å². The minimum Gasteiger partial charge on any atom is -0.322 e. The number of rotatable bonds is 4. The Labute approximate surface area is 133 Å². The fraction of sp³-hybridized carbons (Fsp3) is 0.0556. The molecule has 1 N–H and O–H groups in total. The van der Waals surface area contributed by atoms with Crippen LogP contribution >= 0.6 is 0 Å². The molecule has 0 unspecified atom stereocenters. The van der Waals surface area contributed by atoms with Gasteiger partial charge in [-0.05, 0) is 43.3 Å². The number of nitrogens with zero attached hydrogens (tertiary/aromatic N) is 2. The number of anilines is 1. The maximum atomic E-state index is 12.6. The highest BCUT2D eigenvalue weighted by molar-refractivity contribution is 6.08. The van der Waals surface area contributed by atoms with Gasteiger partial charge in [0.25, 0.3) is 5.91 Å². The van der Waals surface area contributed by atoms with E-state index < -0.39 is 0 Å². The molecule has 2 aromatic carbocycles. The molecule has 0 atom stereocenters. The lowest BCUT2D eigenvalue weighted by atomic mass is 10.0. The molecule has 0 saturated heterocycles. The summed E-state index contributed by atoms with van der Waals surface area (Å²) in [6, 6.07) is 16.0. The third kappa shape index (κ3) is 3.18. The highest BCUT2D eigenvalue weighted by Gasteiger charge is 2.15. The number of carbonyl (C=O) groups excluding carboxylic acids is 2. The zero-order valence-electron chi connectivity index (χ0n) is 12.6. The van der Waals surface area contributed by atoms with Crippen LogP contribution < -0.4 is 5.32 Å². The summed E-state index contributed by atoms with van der Waals surface area (Å²) in [7, 11) is 0. The second-order valence-electron chi connectivity index (χ2n) is 5.06. The average molecular weight is 305 g/mol. The number of amides is 1. The maximum absolute atomic E-state index is 12.6. The van der Waals surface area contributed by atoms with Gasteiger partial charge in [0, 0.05) is 23.6 Å². The van der Waals surface area contributed by atoms with E-state index in [9.17, 15) is 9.59 Å². The third-order valence-electron chi connectivity index (χ3n) is 3.43. The van der Waals surface area contributed by atoms with E-state index in [4.69, 9.17) is 0 Å². The molecule has 0 radical (unpaired) electrons. The van der Waals surface area contributed by atoms with Crippen LogP contribution in [0.25, 0.3) is 5.69 Å². The Kier molecular flexibility index (Phi) is 4.01. The molecule has 0 aliphatic rings. The Balaban J connectivity index is 2.02. The Hall–Kier alpha value is -3.21. The summed E-state index contributed by atoms with van der Waals surface area (Å²) < 4.78 is 1.60. The fourth-order valence-corrected chi connectivity index (χ4v) is 2.27. The molecular formula is C18H15N3O2. The van der Waals surface area contributed by atoms with Crippen molar-refractivity contribution in [2.45, 2.75) is 6.92 Å². The first-order chi connectivity index (χ1) is 11.1. The van der Waals surface area contributed by atoms with Crippen LogP contribution in [0.3, 0.4) is 0 Å². The van der Waals surface area contributed by atoms with E-state index in [1.807, 2.05) is 18.2 Å². The maximum Gasteiger partial charge on any atom is 0.257 e. The van der Waals surface area contributed by atoms with Gasteiger partial charge in [0.05, 0.1) is 11.3 Å². The molecule has 114 valence electrons. The molecular weight excluding hydrogens is 290 g/mol. The van der Waals surface area contributed by atoms with Crippen LogP contribution in [-0.4, -0.2) is 21.5 Å². The van der Waals surface area contributed by atoms with Gasteiger partial charge in [0.15, 0.2) is 5.78 Å². The summed E-state index contributed by atoms with van der Waals surface area (Å²) in [6.07, 6.45) is 3.39. The molecule has 0 aliphatic carbocycles. The van der Waals surface area contributed by atoms with Gasteiger partial charge < -0.3 is 5.32 Å². The highest BCUT2D eigenvalue weighted by Crippen LogP contribution is 2.19. The van der Waals surface area contributed by atoms with Crippen molar-refractivity contribution in [1.29, 1.82) is 0 Å². The third-order valence-corrected chi connectivity index (χ3v) is 3.43. The van der Waals surface area contributed by atoms with Crippen molar-refractivity contribution in [3.05, 3.63) is 78.1 Å². The van der Waals surface area contributed by atoms with Gasteiger partial charge in [-0.15, -0.1) is 0 Å². The first kappa shape index (κ1) is 14.7. The second kappa shape index (κ2) is 6.27. The predicted octanol–water partition coefficient (Wildman–Crippen LogP) is 3.33. The van der Waals surface area contributed by atoms with E-state index in [1.165, 1.54) is 6.92 Å². The van der Waals surface area contributed by atoms with Crippen molar-refractivity contribution >= 4 is 17.4 Å². The number of ketones is 1. The number of Topliss-reactive ketones (excluding diaryl/α,β-unsaturated/α-hetero) is 1. The molecule has 0 spiro atoms. The zero-order valence-corrected chi connectivity index (χ0v) is 12.6. The topological polar surface area (TPSA) is 64.0 Å². The van der Waals surface area contributed by atoms with Crippen LogP contribution in [-0.2, 0) is 0 Å².